The third-order valence-corrected chi connectivity index (χ3v) is 6.28. The zero-order valence-electron chi connectivity index (χ0n) is 22.0. The van der Waals surface area contributed by atoms with Gasteiger partial charge in [-0.15, -0.1) is 0 Å². The second-order valence-corrected chi connectivity index (χ2v) is 8.97. The van der Waals surface area contributed by atoms with Gasteiger partial charge in [0.2, 0.25) is 6.10 Å². The van der Waals surface area contributed by atoms with Gasteiger partial charge in [0.05, 0.1) is 11.1 Å². The maximum atomic E-state index is 13.3. The van der Waals surface area contributed by atoms with Gasteiger partial charge in [0.25, 0.3) is 5.72 Å². The van der Waals surface area contributed by atoms with Crippen LogP contribution in [0.5, 0.6) is 0 Å². The molecule has 3 heterocycles. The molecule has 14 heteroatoms. The number of benzene rings is 2. The van der Waals surface area contributed by atoms with E-state index in [4.69, 9.17) is 18.9 Å². The standard InChI is InChI=1S/C28H22N6O8/c1-18(35)40-24-23(41-26(37)20-10-6-3-7-11-20)21(14-39-25(36)19-8-4-2-5-9-19)42-28(24,15-29)33-13-12-22(32-27(33)38)34-17-30-16-31-34/h2-13,16-17,21,23-24H,14H2,1H3/t21-,23-,24?,28-/m1/s1. The Balaban J connectivity index is 1.54. The molecule has 0 spiro atoms. The highest BCUT2D eigenvalue weighted by Crippen LogP contribution is 2.39. The first-order chi connectivity index (χ1) is 20.3. The molecule has 0 saturated carbocycles. The van der Waals surface area contributed by atoms with E-state index in [0.29, 0.717) is 0 Å². The predicted octanol–water partition coefficient (Wildman–Crippen LogP) is 1.41. The Labute approximate surface area is 237 Å². The van der Waals surface area contributed by atoms with Gasteiger partial charge in [0, 0.05) is 13.1 Å². The Bertz CT molecular complexity index is 1690. The number of hydrogen-bond acceptors (Lipinski definition) is 12. The molecule has 4 aromatic rings. The largest absolute Gasteiger partial charge is 0.459 e. The van der Waals surface area contributed by atoms with Crippen molar-refractivity contribution < 1.29 is 33.3 Å². The Hall–Kier alpha value is -5.68. The topological polar surface area (TPSA) is 178 Å². The van der Waals surface area contributed by atoms with Gasteiger partial charge < -0.3 is 18.9 Å². The van der Waals surface area contributed by atoms with Crippen LogP contribution in [-0.2, 0) is 29.5 Å². The van der Waals surface area contributed by atoms with Gasteiger partial charge in [-0.3, -0.25) is 9.36 Å². The van der Waals surface area contributed by atoms with E-state index in [0.717, 1.165) is 11.5 Å². The highest BCUT2D eigenvalue weighted by Gasteiger charge is 2.62. The fourth-order valence-electron chi connectivity index (χ4n) is 4.39. The molecule has 14 nitrogen and oxygen atoms in total. The zero-order chi connectivity index (χ0) is 29.7. The molecule has 42 heavy (non-hydrogen) atoms. The van der Waals surface area contributed by atoms with E-state index in [9.17, 15) is 24.4 Å². The fraction of sp³-hybridized carbons (Fsp3) is 0.214. The maximum absolute atomic E-state index is 13.3. The van der Waals surface area contributed by atoms with Crippen LogP contribution in [0.1, 0.15) is 27.6 Å². The molecule has 0 radical (unpaired) electrons. The number of rotatable bonds is 8. The predicted molar refractivity (Wildman–Crippen MR) is 140 cm³/mol. The summed E-state index contributed by atoms with van der Waals surface area (Å²) in [6.45, 7) is 0.552. The quantitative estimate of drug-likeness (QED) is 0.220. The Morgan fingerprint density at radius 3 is 2.24 bits per heavy atom. The van der Waals surface area contributed by atoms with E-state index >= 15 is 0 Å². The summed E-state index contributed by atoms with van der Waals surface area (Å²) in [5.74, 6) is -2.32. The van der Waals surface area contributed by atoms with Crippen LogP contribution >= 0.6 is 0 Å². The number of esters is 3. The smallest absolute Gasteiger partial charge is 0.352 e. The van der Waals surface area contributed by atoms with Crippen molar-refractivity contribution >= 4 is 17.9 Å². The number of ether oxygens (including phenoxy) is 4. The maximum Gasteiger partial charge on any atom is 0.352 e. The van der Waals surface area contributed by atoms with Crippen LogP contribution in [0, 0.1) is 11.3 Å². The normalized spacial score (nSPS) is 21.2. The lowest BCUT2D eigenvalue weighted by atomic mass is 10.0. The Morgan fingerprint density at radius 1 is 1.00 bits per heavy atom. The Morgan fingerprint density at radius 2 is 1.67 bits per heavy atom. The molecular formula is C28H22N6O8. The van der Waals surface area contributed by atoms with E-state index < -0.39 is 54.2 Å². The van der Waals surface area contributed by atoms with Gasteiger partial charge in [-0.05, 0) is 30.3 Å². The summed E-state index contributed by atoms with van der Waals surface area (Å²) >= 11 is 0. The van der Waals surface area contributed by atoms with Crippen molar-refractivity contribution in [3.8, 4) is 11.9 Å². The van der Waals surface area contributed by atoms with Gasteiger partial charge in [0.15, 0.2) is 11.9 Å². The molecule has 2 aromatic carbocycles. The summed E-state index contributed by atoms with van der Waals surface area (Å²) in [5, 5.41) is 14.4. The summed E-state index contributed by atoms with van der Waals surface area (Å²) in [4.78, 5) is 59.1. The summed E-state index contributed by atoms with van der Waals surface area (Å²) in [6, 6.07) is 19.3. The van der Waals surface area contributed by atoms with Crippen molar-refractivity contribution in [1.29, 1.82) is 5.26 Å². The first kappa shape index (κ1) is 27.9. The lowest BCUT2D eigenvalue weighted by molar-refractivity contribution is -0.165. The number of carbonyl (C=O) groups is 3. The van der Waals surface area contributed by atoms with E-state index in [-0.39, 0.29) is 16.9 Å². The van der Waals surface area contributed by atoms with E-state index in [1.54, 1.807) is 36.4 Å². The summed E-state index contributed by atoms with van der Waals surface area (Å²) in [6.07, 6.45) is -0.766. The van der Waals surface area contributed by atoms with E-state index in [1.165, 1.54) is 53.9 Å². The zero-order valence-corrected chi connectivity index (χ0v) is 22.0. The van der Waals surface area contributed by atoms with Crippen LogP contribution in [0.25, 0.3) is 5.82 Å². The van der Waals surface area contributed by atoms with Crippen molar-refractivity contribution in [1.82, 2.24) is 24.3 Å². The van der Waals surface area contributed by atoms with E-state index in [1.807, 2.05) is 6.07 Å². The number of nitrogens with zero attached hydrogens (tertiary/aromatic N) is 6. The second-order valence-electron chi connectivity index (χ2n) is 8.97. The highest BCUT2D eigenvalue weighted by atomic mass is 16.7. The monoisotopic (exact) mass is 570 g/mol. The average Bonchev–Trinajstić information content (AvgIpc) is 3.64. The van der Waals surface area contributed by atoms with Crippen LogP contribution in [0.3, 0.4) is 0 Å². The molecule has 0 N–H and O–H groups in total. The lowest BCUT2D eigenvalue weighted by Crippen LogP contribution is -2.52. The number of carbonyl (C=O) groups excluding carboxylic acids is 3. The first-order valence-corrected chi connectivity index (χ1v) is 12.5. The molecule has 0 bridgehead atoms. The fourth-order valence-corrected chi connectivity index (χ4v) is 4.39. The molecule has 212 valence electrons. The summed E-state index contributed by atoms with van der Waals surface area (Å²) < 4.78 is 24.7. The number of nitriles is 1. The third kappa shape index (κ3) is 5.49. The van der Waals surface area contributed by atoms with Crippen molar-refractivity contribution in [2.75, 3.05) is 6.61 Å². The second kappa shape index (κ2) is 11.8. The average molecular weight is 571 g/mol. The van der Waals surface area contributed by atoms with Gasteiger partial charge in [-0.1, -0.05) is 36.4 Å². The van der Waals surface area contributed by atoms with Gasteiger partial charge in [0.1, 0.15) is 31.4 Å². The van der Waals surface area contributed by atoms with E-state index in [2.05, 4.69) is 15.1 Å². The summed E-state index contributed by atoms with van der Waals surface area (Å²) in [7, 11) is 0. The van der Waals surface area contributed by atoms with Crippen LogP contribution < -0.4 is 5.69 Å². The molecule has 4 atom stereocenters. The molecular weight excluding hydrogens is 548 g/mol. The molecule has 0 aliphatic carbocycles. The minimum absolute atomic E-state index is 0.0873. The Kier molecular flexibility index (Phi) is 7.85. The molecule has 1 aliphatic heterocycles. The van der Waals surface area contributed by atoms with Gasteiger partial charge in [-0.25, -0.2) is 24.0 Å². The van der Waals surface area contributed by atoms with Crippen molar-refractivity contribution in [2.24, 2.45) is 0 Å². The van der Waals surface area contributed by atoms with Crippen molar-refractivity contribution in [3.63, 3.8) is 0 Å². The third-order valence-electron chi connectivity index (χ3n) is 6.28. The van der Waals surface area contributed by atoms with Crippen molar-refractivity contribution in [3.05, 3.63) is 107 Å². The van der Waals surface area contributed by atoms with Gasteiger partial charge in [-0.2, -0.15) is 15.3 Å². The minimum Gasteiger partial charge on any atom is -0.459 e. The molecule has 1 saturated heterocycles. The van der Waals surface area contributed by atoms with Crippen LogP contribution in [0.4, 0.5) is 0 Å². The molecule has 2 aromatic heterocycles. The lowest BCUT2D eigenvalue weighted by Gasteiger charge is -2.29. The van der Waals surface area contributed by atoms with Crippen LogP contribution in [-0.4, -0.2) is 67.1 Å². The molecule has 1 unspecified atom stereocenters. The van der Waals surface area contributed by atoms with Crippen LogP contribution in [0.2, 0.25) is 0 Å². The molecule has 0 amide bonds. The van der Waals surface area contributed by atoms with Crippen molar-refractivity contribution in [2.45, 2.75) is 31.0 Å². The number of hydrogen-bond donors (Lipinski definition) is 0. The molecule has 1 aliphatic rings. The first-order valence-electron chi connectivity index (χ1n) is 12.5. The number of aromatic nitrogens is 5. The molecule has 1 fully saturated rings. The minimum atomic E-state index is -2.37. The SMILES string of the molecule is CC(=O)OC1[C@H](OC(=O)c2ccccc2)[C@@H](COC(=O)c2ccccc2)O[C@@]1(C#N)n1ccc(-n2cncn2)nc1=O. The highest BCUT2D eigenvalue weighted by molar-refractivity contribution is 5.90. The van der Waals surface area contributed by atoms with Gasteiger partial charge >= 0.3 is 23.6 Å². The molecule has 5 rings (SSSR count). The summed E-state index contributed by atoms with van der Waals surface area (Å²) in [5.41, 5.74) is -2.95. The van der Waals surface area contributed by atoms with Crippen LogP contribution in [0.15, 0.2) is 90.4 Å².